The van der Waals surface area contributed by atoms with Crippen LogP contribution in [0.2, 0.25) is 0 Å². The predicted octanol–water partition coefficient (Wildman–Crippen LogP) is 4.22. The van der Waals surface area contributed by atoms with Crippen molar-refractivity contribution >= 4 is 6.08 Å². The van der Waals surface area contributed by atoms with E-state index in [1.54, 1.807) is 6.08 Å². The highest BCUT2D eigenvalue weighted by molar-refractivity contribution is 5.52. The van der Waals surface area contributed by atoms with Crippen LogP contribution in [0.25, 0.3) is 6.08 Å². The number of rotatable bonds is 1. The predicted molar refractivity (Wildman–Crippen MR) is 61.8 cm³/mol. The van der Waals surface area contributed by atoms with E-state index in [0.29, 0.717) is 0 Å². The molecule has 0 aromatic heterocycles. The molecule has 0 saturated carbocycles. The summed E-state index contributed by atoms with van der Waals surface area (Å²) in [5, 5.41) is 0. The van der Waals surface area contributed by atoms with Gasteiger partial charge in [-0.2, -0.15) is 0 Å². The molecule has 70 valence electrons. The van der Waals surface area contributed by atoms with Gasteiger partial charge in [0.25, 0.3) is 0 Å². The zero-order valence-electron chi connectivity index (χ0n) is 8.75. The molecule has 0 heterocycles. The summed E-state index contributed by atoms with van der Waals surface area (Å²) < 4.78 is 0. The number of aryl methyl sites for hydroxylation is 1. The van der Waals surface area contributed by atoms with Crippen LogP contribution in [0.1, 0.15) is 25.0 Å². The molecule has 0 amide bonds. The quantitative estimate of drug-likeness (QED) is 0.559. The number of hydrogen-bond acceptors (Lipinski definition) is 0. The fourth-order valence-corrected chi connectivity index (χ4v) is 0.953. The Morgan fingerprint density at radius 2 is 1.69 bits per heavy atom. The van der Waals surface area contributed by atoms with Gasteiger partial charge in [-0.1, -0.05) is 42.5 Å². The highest BCUT2D eigenvalue weighted by Crippen LogP contribution is 2.07. The van der Waals surface area contributed by atoms with E-state index in [-0.39, 0.29) is 0 Å². The summed E-state index contributed by atoms with van der Waals surface area (Å²) in [6.45, 7) is 9.40. The largest absolute Gasteiger partial charge is 0.103 e. The minimum Gasteiger partial charge on any atom is -0.103 e. The second-order valence-corrected chi connectivity index (χ2v) is 2.76. The summed E-state index contributed by atoms with van der Waals surface area (Å²) in [5.41, 5.74) is 2.64. The summed E-state index contributed by atoms with van der Waals surface area (Å²) in [5.74, 6) is 0. The molecule has 0 N–H and O–H groups in total. The molecule has 1 aromatic rings. The monoisotopic (exact) mass is 174 g/mol. The van der Waals surface area contributed by atoms with Gasteiger partial charge < -0.3 is 0 Å². The molecule has 0 aliphatic rings. The summed E-state index contributed by atoms with van der Waals surface area (Å²) >= 11 is 0. The van der Waals surface area contributed by atoms with Crippen molar-refractivity contribution < 1.29 is 0 Å². The van der Waals surface area contributed by atoms with Crippen LogP contribution >= 0.6 is 0 Å². The van der Waals surface area contributed by atoms with Crippen LogP contribution in [0.5, 0.6) is 0 Å². The van der Waals surface area contributed by atoms with Crippen LogP contribution in [0.4, 0.5) is 0 Å². The molecular formula is C13H18. The maximum Gasteiger partial charge on any atom is -0.0231 e. The van der Waals surface area contributed by atoms with Gasteiger partial charge in [-0.3, -0.25) is 0 Å². The molecule has 1 aromatic carbocycles. The third kappa shape index (κ3) is 5.02. The zero-order chi connectivity index (χ0) is 10.1. The highest BCUT2D eigenvalue weighted by atomic mass is 13.9. The lowest BCUT2D eigenvalue weighted by molar-refractivity contribution is 1.44. The van der Waals surface area contributed by atoms with E-state index in [1.807, 2.05) is 13.8 Å². The Bertz CT molecular complexity index is 269. The molecule has 1 rings (SSSR count). The first-order chi connectivity index (χ1) is 6.26. The van der Waals surface area contributed by atoms with Crippen LogP contribution in [-0.4, -0.2) is 0 Å². The lowest BCUT2D eigenvalue weighted by Crippen LogP contribution is -1.76. The third-order valence-electron chi connectivity index (χ3n) is 1.53. The average Bonchev–Trinajstić information content (AvgIpc) is 2.11. The van der Waals surface area contributed by atoms with Gasteiger partial charge in [0.1, 0.15) is 0 Å². The average molecular weight is 174 g/mol. The molecule has 0 aliphatic heterocycles. The molecule has 0 saturated heterocycles. The minimum atomic E-state index is 1.31. The van der Waals surface area contributed by atoms with Crippen LogP contribution < -0.4 is 0 Å². The maximum atomic E-state index is 3.36. The Morgan fingerprint density at radius 1 is 1.15 bits per heavy atom. The van der Waals surface area contributed by atoms with Gasteiger partial charge in [-0.15, -0.1) is 6.58 Å². The molecule has 0 fully saturated rings. The van der Waals surface area contributed by atoms with Crippen molar-refractivity contribution in [3.8, 4) is 0 Å². The SMILES string of the molecule is C/C=C\c1ccccc1C.C=CC. The molecule has 13 heavy (non-hydrogen) atoms. The molecule has 0 unspecified atom stereocenters. The van der Waals surface area contributed by atoms with Crippen LogP contribution in [0, 0.1) is 6.92 Å². The Balaban J connectivity index is 0.000000424. The van der Waals surface area contributed by atoms with Gasteiger partial charge in [0.2, 0.25) is 0 Å². The van der Waals surface area contributed by atoms with E-state index in [2.05, 4.69) is 49.9 Å². The molecule has 0 bridgehead atoms. The van der Waals surface area contributed by atoms with Gasteiger partial charge in [0.05, 0.1) is 0 Å². The fourth-order valence-electron chi connectivity index (χ4n) is 0.953. The Morgan fingerprint density at radius 3 is 2.15 bits per heavy atom. The van der Waals surface area contributed by atoms with Gasteiger partial charge in [0.15, 0.2) is 0 Å². The number of hydrogen-bond donors (Lipinski definition) is 0. The van der Waals surface area contributed by atoms with Crippen molar-refractivity contribution in [3.05, 3.63) is 54.1 Å². The van der Waals surface area contributed by atoms with Crippen molar-refractivity contribution in [2.75, 3.05) is 0 Å². The fraction of sp³-hybridized carbons (Fsp3) is 0.231. The van der Waals surface area contributed by atoms with Crippen molar-refractivity contribution in [1.82, 2.24) is 0 Å². The van der Waals surface area contributed by atoms with Gasteiger partial charge in [-0.05, 0) is 31.9 Å². The Hall–Kier alpha value is -1.30. The minimum absolute atomic E-state index is 1.31. The lowest BCUT2D eigenvalue weighted by atomic mass is 10.1. The van der Waals surface area contributed by atoms with Crippen molar-refractivity contribution in [3.63, 3.8) is 0 Å². The maximum absolute atomic E-state index is 3.36. The number of benzene rings is 1. The lowest BCUT2D eigenvalue weighted by Gasteiger charge is -1.96. The molecule has 0 radical (unpaired) electrons. The molecule has 0 spiro atoms. The zero-order valence-corrected chi connectivity index (χ0v) is 8.75. The topological polar surface area (TPSA) is 0 Å². The van der Waals surface area contributed by atoms with Gasteiger partial charge in [-0.25, -0.2) is 0 Å². The van der Waals surface area contributed by atoms with Crippen LogP contribution in [-0.2, 0) is 0 Å². The van der Waals surface area contributed by atoms with Crippen molar-refractivity contribution in [2.24, 2.45) is 0 Å². The first-order valence-electron chi connectivity index (χ1n) is 4.51. The van der Waals surface area contributed by atoms with Crippen LogP contribution in [0.3, 0.4) is 0 Å². The van der Waals surface area contributed by atoms with E-state index in [1.165, 1.54) is 11.1 Å². The summed E-state index contributed by atoms with van der Waals surface area (Å²) in [6, 6.07) is 8.36. The van der Waals surface area contributed by atoms with Crippen LogP contribution in [0.15, 0.2) is 43.0 Å². The summed E-state index contributed by atoms with van der Waals surface area (Å²) in [4.78, 5) is 0. The van der Waals surface area contributed by atoms with E-state index >= 15 is 0 Å². The Labute approximate surface area is 81.6 Å². The smallest absolute Gasteiger partial charge is 0.0231 e. The highest BCUT2D eigenvalue weighted by Gasteiger charge is 1.87. The summed E-state index contributed by atoms with van der Waals surface area (Å²) in [6.07, 6.45) is 5.93. The van der Waals surface area contributed by atoms with E-state index in [9.17, 15) is 0 Å². The normalized spacial score (nSPS) is 9.15. The molecular weight excluding hydrogens is 156 g/mol. The van der Waals surface area contributed by atoms with E-state index in [0.717, 1.165) is 0 Å². The molecule has 0 aliphatic carbocycles. The molecule has 0 nitrogen and oxygen atoms in total. The third-order valence-corrected chi connectivity index (χ3v) is 1.53. The van der Waals surface area contributed by atoms with Gasteiger partial charge in [0, 0.05) is 0 Å². The number of allylic oxidation sites excluding steroid dienone is 2. The first-order valence-corrected chi connectivity index (χ1v) is 4.51. The first kappa shape index (κ1) is 11.7. The second-order valence-electron chi connectivity index (χ2n) is 2.76. The van der Waals surface area contributed by atoms with E-state index in [4.69, 9.17) is 0 Å². The Kier molecular flexibility index (Phi) is 6.62. The van der Waals surface area contributed by atoms with Crippen molar-refractivity contribution in [2.45, 2.75) is 20.8 Å². The van der Waals surface area contributed by atoms with Gasteiger partial charge >= 0.3 is 0 Å². The van der Waals surface area contributed by atoms with Crippen molar-refractivity contribution in [1.29, 1.82) is 0 Å². The van der Waals surface area contributed by atoms with E-state index < -0.39 is 0 Å². The molecule has 0 atom stereocenters. The molecule has 0 heteroatoms. The standard InChI is InChI=1S/C10H12.C3H6/c1-3-6-10-8-5-4-7-9(10)2;1-3-2/h3-8H,1-2H3;3H,1H2,2H3/b6-3-;. The second kappa shape index (κ2) is 7.35. The summed E-state index contributed by atoms with van der Waals surface area (Å²) in [7, 11) is 0.